The molecule has 2 N–H and O–H groups in total. The van der Waals surface area contributed by atoms with Gasteiger partial charge in [0.15, 0.2) is 5.82 Å². The molecule has 4 nitrogen and oxygen atoms in total. The third-order valence-electron chi connectivity index (χ3n) is 2.67. The number of halogens is 1. The number of nitrogens with one attached hydrogen (secondary N) is 2. The van der Waals surface area contributed by atoms with Gasteiger partial charge in [0.25, 0.3) is 0 Å². The van der Waals surface area contributed by atoms with Crippen LogP contribution < -0.4 is 5.32 Å². The van der Waals surface area contributed by atoms with E-state index in [0.29, 0.717) is 11.6 Å². The molecule has 0 fully saturated rings. The Morgan fingerprint density at radius 1 is 1.45 bits per heavy atom. The number of carbonyl (C=O) groups excluding carboxylic acids is 1. The van der Waals surface area contributed by atoms with Crippen molar-refractivity contribution in [3.63, 3.8) is 0 Å². The summed E-state index contributed by atoms with van der Waals surface area (Å²) < 4.78 is 0. The first-order valence-corrected chi connectivity index (χ1v) is 7.87. The molecular formula is C14H16ClN3OS. The number of hydrogen-bond donors (Lipinski definition) is 2. The average Bonchev–Trinajstić information content (AvgIpc) is 2.86. The lowest BCUT2D eigenvalue weighted by Crippen LogP contribution is -2.14. The van der Waals surface area contributed by atoms with E-state index in [-0.39, 0.29) is 5.91 Å². The van der Waals surface area contributed by atoms with E-state index in [0.717, 1.165) is 28.5 Å². The predicted octanol–water partition coefficient (Wildman–Crippen LogP) is 3.50. The summed E-state index contributed by atoms with van der Waals surface area (Å²) in [6.07, 6.45) is 0.867. The molecule has 0 aliphatic rings. The average molecular weight is 310 g/mol. The highest BCUT2D eigenvalue weighted by Crippen LogP contribution is 2.16. The minimum atomic E-state index is -0.0498. The maximum Gasteiger partial charge on any atom is 0.235 e. The van der Waals surface area contributed by atoms with Gasteiger partial charge in [-0.3, -0.25) is 9.89 Å². The number of amides is 1. The second kappa shape index (κ2) is 7.36. The lowest BCUT2D eigenvalue weighted by molar-refractivity contribution is -0.113. The zero-order chi connectivity index (χ0) is 14.4. The van der Waals surface area contributed by atoms with E-state index in [1.807, 2.05) is 37.3 Å². The number of aromatic amines is 1. The smallest absolute Gasteiger partial charge is 0.235 e. The second-order valence-electron chi connectivity index (χ2n) is 4.30. The molecule has 1 amide bonds. The highest BCUT2D eigenvalue weighted by Gasteiger charge is 2.06. The molecule has 20 heavy (non-hydrogen) atoms. The van der Waals surface area contributed by atoms with Crippen LogP contribution in [0.3, 0.4) is 0 Å². The maximum absolute atomic E-state index is 11.8. The summed E-state index contributed by atoms with van der Waals surface area (Å²) in [5.74, 6) is 1.68. The SMILES string of the molecule is CCc1cc(NC(=O)CSCc2cccc(Cl)c2)n[nH]1. The Labute approximate surface area is 127 Å². The Hall–Kier alpha value is -1.46. The summed E-state index contributed by atoms with van der Waals surface area (Å²) in [6.45, 7) is 2.03. The highest BCUT2D eigenvalue weighted by atomic mass is 35.5. The van der Waals surface area contributed by atoms with Crippen LogP contribution in [-0.4, -0.2) is 21.9 Å². The minimum absolute atomic E-state index is 0.0498. The molecule has 0 bridgehead atoms. The summed E-state index contributed by atoms with van der Waals surface area (Å²) in [5.41, 5.74) is 2.12. The van der Waals surface area contributed by atoms with Crippen molar-refractivity contribution in [2.75, 3.05) is 11.1 Å². The first kappa shape index (κ1) is 14.9. The monoisotopic (exact) mass is 309 g/mol. The topological polar surface area (TPSA) is 57.8 Å². The molecule has 0 radical (unpaired) electrons. The molecule has 0 atom stereocenters. The third kappa shape index (κ3) is 4.58. The standard InChI is InChI=1S/C14H16ClN3OS/c1-2-12-7-13(18-17-12)16-14(19)9-20-8-10-4-3-5-11(15)6-10/h3-7H,2,8-9H2,1H3,(H2,16,17,18,19). The van der Waals surface area contributed by atoms with Gasteiger partial charge in [0.1, 0.15) is 0 Å². The van der Waals surface area contributed by atoms with Crippen molar-refractivity contribution in [3.05, 3.63) is 46.6 Å². The zero-order valence-electron chi connectivity index (χ0n) is 11.1. The first-order chi connectivity index (χ1) is 9.67. The van der Waals surface area contributed by atoms with E-state index in [9.17, 15) is 4.79 Å². The van der Waals surface area contributed by atoms with Crippen LogP contribution in [0.2, 0.25) is 5.02 Å². The van der Waals surface area contributed by atoms with E-state index >= 15 is 0 Å². The molecule has 106 valence electrons. The van der Waals surface area contributed by atoms with Gasteiger partial charge in [-0.15, -0.1) is 11.8 Å². The van der Waals surface area contributed by atoms with Gasteiger partial charge in [-0.2, -0.15) is 5.10 Å². The largest absolute Gasteiger partial charge is 0.308 e. The summed E-state index contributed by atoms with van der Waals surface area (Å²) in [5, 5.41) is 10.4. The Bertz CT molecular complexity index is 585. The fourth-order valence-electron chi connectivity index (χ4n) is 1.67. The van der Waals surface area contributed by atoms with E-state index < -0.39 is 0 Å². The number of hydrogen-bond acceptors (Lipinski definition) is 3. The van der Waals surface area contributed by atoms with Crippen LogP contribution >= 0.6 is 23.4 Å². The number of aryl methyl sites for hydroxylation is 1. The third-order valence-corrected chi connectivity index (χ3v) is 3.91. The lowest BCUT2D eigenvalue weighted by Gasteiger charge is -2.03. The Morgan fingerprint density at radius 3 is 3.00 bits per heavy atom. The van der Waals surface area contributed by atoms with Crippen molar-refractivity contribution < 1.29 is 4.79 Å². The van der Waals surface area contributed by atoms with Crippen molar-refractivity contribution >= 4 is 35.1 Å². The van der Waals surface area contributed by atoms with Crippen LogP contribution in [0.15, 0.2) is 30.3 Å². The summed E-state index contributed by atoms with van der Waals surface area (Å²) in [6, 6.07) is 9.50. The van der Waals surface area contributed by atoms with E-state index in [1.54, 1.807) is 11.8 Å². The number of benzene rings is 1. The molecule has 0 aliphatic carbocycles. The molecule has 0 saturated heterocycles. The van der Waals surface area contributed by atoms with E-state index in [4.69, 9.17) is 11.6 Å². The van der Waals surface area contributed by atoms with E-state index in [1.165, 1.54) is 0 Å². The Kier molecular flexibility index (Phi) is 5.49. The van der Waals surface area contributed by atoms with E-state index in [2.05, 4.69) is 15.5 Å². The van der Waals surface area contributed by atoms with Crippen LogP contribution in [-0.2, 0) is 17.0 Å². The maximum atomic E-state index is 11.8. The van der Waals surface area contributed by atoms with Gasteiger partial charge in [-0.25, -0.2) is 0 Å². The normalized spacial score (nSPS) is 10.5. The molecule has 1 aromatic heterocycles. The molecule has 0 spiro atoms. The van der Waals surface area contributed by atoms with Gasteiger partial charge in [0.05, 0.1) is 5.75 Å². The number of carbonyl (C=O) groups is 1. The van der Waals surface area contributed by atoms with Crippen molar-refractivity contribution in [2.24, 2.45) is 0 Å². The number of rotatable bonds is 6. The Balaban J connectivity index is 1.75. The van der Waals surface area contributed by atoms with Crippen molar-refractivity contribution in [3.8, 4) is 0 Å². The molecular weight excluding hydrogens is 294 g/mol. The van der Waals surface area contributed by atoms with Gasteiger partial charge in [0.2, 0.25) is 5.91 Å². The number of H-pyrrole nitrogens is 1. The van der Waals surface area contributed by atoms with Crippen LogP contribution in [0.4, 0.5) is 5.82 Å². The first-order valence-electron chi connectivity index (χ1n) is 6.33. The molecule has 1 aromatic carbocycles. The molecule has 1 heterocycles. The quantitative estimate of drug-likeness (QED) is 0.858. The van der Waals surface area contributed by atoms with Gasteiger partial charge in [0, 0.05) is 22.5 Å². The van der Waals surface area contributed by atoms with Crippen LogP contribution in [0.25, 0.3) is 0 Å². The van der Waals surface area contributed by atoms with Crippen molar-refractivity contribution in [2.45, 2.75) is 19.1 Å². The van der Waals surface area contributed by atoms with Crippen LogP contribution in [0.5, 0.6) is 0 Å². The molecule has 2 rings (SSSR count). The number of anilines is 1. The van der Waals surface area contributed by atoms with Crippen molar-refractivity contribution in [1.29, 1.82) is 0 Å². The van der Waals surface area contributed by atoms with Crippen LogP contribution in [0.1, 0.15) is 18.2 Å². The van der Waals surface area contributed by atoms with Gasteiger partial charge in [-0.05, 0) is 24.1 Å². The number of thioether (sulfide) groups is 1. The molecule has 0 unspecified atom stereocenters. The lowest BCUT2D eigenvalue weighted by atomic mass is 10.2. The Morgan fingerprint density at radius 2 is 2.30 bits per heavy atom. The summed E-state index contributed by atoms with van der Waals surface area (Å²) in [4.78, 5) is 11.8. The summed E-state index contributed by atoms with van der Waals surface area (Å²) in [7, 11) is 0. The minimum Gasteiger partial charge on any atom is -0.308 e. The summed E-state index contributed by atoms with van der Waals surface area (Å²) >= 11 is 7.46. The van der Waals surface area contributed by atoms with Crippen LogP contribution in [0, 0.1) is 0 Å². The van der Waals surface area contributed by atoms with Gasteiger partial charge >= 0.3 is 0 Å². The molecule has 0 saturated carbocycles. The fraction of sp³-hybridized carbons (Fsp3) is 0.286. The molecule has 2 aromatic rings. The second-order valence-corrected chi connectivity index (χ2v) is 5.72. The fourth-order valence-corrected chi connectivity index (χ4v) is 2.66. The van der Waals surface area contributed by atoms with Gasteiger partial charge < -0.3 is 5.32 Å². The van der Waals surface area contributed by atoms with Gasteiger partial charge in [-0.1, -0.05) is 30.7 Å². The van der Waals surface area contributed by atoms with Crippen molar-refractivity contribution in [1.82, 2.24) is 10.2 Å². The number of aromatic nitrogens is 2. The number of nitrogens with zero attached hydrogens (tertiary/aromatic N) is 1. The molecule has 0 aliphatic heterocycles. The predicted molar refractivity (Wildman–Crippen MR) is 84.2 cm³/mol. The zero-order valence-corrected chi connectivity index (χ0v) is 12.7. The highest BCUT2D eigenvalue weighted by molar-refractivity contribution is 7.99. The molecule has 6 heteroatoms.